The number of fused-ring (bicyclic) bond motifs is 1. The van der Waals surface area contributed by atoms with Crippen LogP contribution < -0.4 is 4.90 Å². The van der Waals surface area contributed by atoms with Gasteiger partial charge >= 0.3 is 5.16 Å². The molecule has 3 aromatic rings. The highest BCUT2D eigenvalue weighted by Gasteiger charge is 2.24. The second kappa shape index (κ2) is 6.66. The van der Waals surface area contributed by atoms with E-state index in [9.17, 15) is 8.94 Å². The van der Waals surface area contributed by atoms with Gasteiger partial charge in [-0.1, -0.05) is 0 Å². The summed E-state index contributed by atoms with van der Waals surface area (Å²) in [6.07, 6.45) is 4.58. The number of thiophene rings is 1. The second-order valence-corrected chi connectivity index (χ2v) is 7.82. The van der Waals surface area contributed by atoms with Crippen molar-refractivity contribution in [2.75, 3.05) is 18.0 Å². The maximum Gasteiger partial charge on any atom is 0.322 e. The zero-order valence-electron chi connectivity index (χ0n) is 12.9. The lowest BCUT2D eigenvalue weighted by Gasteiger charge is -2.28. The van der Waals surface area contributed by atoms with Crippen LogP contribution in [0.1, 0.15) is 25.0 Å². The van der Waals surface area contributed by atoms with Crippen LogP contribution in [0.25, 0.3) is 11.0 Å². The van der Waals surface area contributed by atoms with Gasteiger partial charge in [0.25, 0.3) is 0 Å². The smallest absolute Gasteiger partial charge is 0.322 e. The molecule has 1 unspecified atom stereocenters. The molecule has 0 bridgehead atoms. The van der Waals surface area contributed by atoms with E-state index in [-0.39, 0.29) is 11.4 Å². The van der Waals surface area contributed by atoms with Crippen molar-refractivity contribution in [1.82, 2.24) is 19.9 Å². The molecular formula is C15H16FN5OS2. The van der Waals surface area contributed by atoms with Crippen LogP contribution in [0, 0.1) is 5.82 Å². The number of hydrogen-bond acceptors (Lipinski definition) is 6. The van der Waals surface area contributed by atoms with Crippen LogP contribution in [0.2, 0.25) is 0 Å². The Kier molecular flexibility index (Phi) is 4.38. The Morgan fingerprint density at radius 2 is 2.08 bits per heavy atom. The Labute approximate surface area is 145 Å². The van der Waals surface area contributed by atoms with Gasteiger partial charge < -0.3 is 9.45 Å². The molecule has 24 heavy (non-hydrogen) atoms. The summed E-state index contributed by atoms with van der Waals surface area (Å²) in [7, 11) is 0. The molecule has 126 valence electrons. The van der Waals surface area contributed by atoms with Crippen molar-refractivity contribution in [2.24, 2.45) is 0 Å². The minimum atomic E-state index is -1.48. The molecule has 3 aromatic heterocycles. The van der Waals surface area contributed by atoms with Gasteiger partial charge in [-0.15, -0.1) is 11.3 Å². The van der Waals surface area contributed by atoms with Gasteiger partial charge in [-0.2, -0.15) is 4.98 Å². The highest BCUT2D eigenvalue weighted by atomic mass is 32.2. The van der Waals surface area contributed by atoms with Crippen LogP contribution in [0.5, 0.6) is 0 Å². The lowest BCUT2D eigenvalue weighted by atomic mass is 10.1. The molecule has 1 atom stereocenters. The Hall–Kier alpha value is -1.71. The van der Waals surface area contributed by atoms with E-state index in [2.05, 4.69) is 19.9 Å². The lowest BCUT2D eigenvalue weighted by molar-refractivity contribution is 0.539. The second-order valence-electron chi connectivity index (χ2n) is 5.71. The zero-order valence-corrected chi connectivity index (χ0v) is 14.5. The van der Waals surface area contributed by atoms with Crippen molar-refractivity contribution in [3.63, 3.8) is 0 Å². The first-order valence-corrected chi connectivity index (χ1v) is 10.0. The largest absolute Gasteiger partial charge is 0.609 e. The van der Waals surface area contributed by atoms with Gasteiger partial charge in [0, 0.05) is 35.0 Å². The number of nitrogens with zero attached hydrogens (tertiary/aromatic N) is 4. The van der Waals surface area contributed by atoms with Gasteiger partial charge in [-0.25, -0.2) is 14.4 Å². The average Bonchev–Trinajstić information content (AvgIpc) is 3.19. The van der Waals surface area contributed by atoms with Crippen LogP contribution in [0.15, 0.2) is 22.2 Å². The van der Waals surface area contributed by atoms with Gasteiger partial charge in [-0.05, 0) is 19.3 Å². The van der Waals surface area contributed by atoms with E-state index >= 15 is 0 Å². The minimum Gasteiger partial charge on any atom is -0.609 e. The summed E-state index contributed by atoms with van der Waals surface area (Å²) in [5, 5.41) is 4.14. The lowest BCUT2D eigenvalue weighted by Crippen LogP contribution is -2.31. The quantitative estimate of drug-likeness (QED) is 0.719. The number of piperidine rings is 1. The molecule has 0 saturated carbocycles. The molecule has 4 rings (SSSR count). The zero-order chi connectivity index (χ0) is 16.5. The highest BCUT2D eigenvalue weighted by molar-refractivity contribution is 7.90. The Bertz CT molecular complexity index is 817. The Morgan fingerprint density at radius 3 is 2.88 bits per heavy atom. The summed E-state index contributed by atoms with van der Waals surface area (Å²) in [6, 6.07) is 0. The Morgan fingerprint density at radius 1 is 1.25 bits per heavy atom. The molecule has 4 heterocycles. The molecule has 1 aliphatic heterocycles. The fourth-order valence-corrected chi connectivity index (χ4v) is 4.55. The van der Waals surface area contributed by atoms with Crippen LogP contribution >= 0.6 is 11.3 Å². The third kappa shape index (κ3) is 2.99. The highest BCUT2D eigenvalue weighted by Crippen LogP contribution is 2.25. The normalized spacial score (nSPS) is 16.7. The van der Waals surface area contributed by atoms with Crippen molar-refractivity contribution >= 4 is 39.4 Å². The Balaban J connectivity index is 1.56. The topological polar surface area (TPSA) is 80.8 Å². The van der Waals surface area contributed by atoms with E-state index < -0.39 is 17.0 Å². The molecule has 0 amide bonds. The van der Waals surface area contributed by atoms with Gasteiger partial charge in [0.05, 0.1) is 5.52 Å². The molecule has 1 N–H and O–H groups in total. The van der Waals surface area contributed by atoms with Gasteiger partial charge in [-0.3, -0.25) is 4.98 Å². The van der Waals surface area contributed by atoms with Crippen molar-refractivity contribution in [3.8, 4) is 0 Å². The number of imidazole rings is 1. The predicted molar refractivity (Wildman–Crippen MR) is 92.1 cm³/mol. The minimum absolute atomic E-state index is 0.0191. The number of anilines is 1. The van der Waals surface area contributed by atoms with E-state index in [1.807, 2.05) is 15.7 Å². The van der Waals surface area contributed by atoms with Crippen molar-refractivity contribution in [1.29, 1.82) is 0 Å². The van der Waals surface area contributed by atoms with Gasteiger partial charge in [0.2, 0.25) is 0 Å². The predicted octanol–water partition coefficient (Wildman–Crippen LogP) is 2.85. The summed E-state index contributed by atoms with van der Waals surface area (Å²) < 4.78 is 27.2. The SMILES string of the molecule is [O-][S+](Cc1ncnc(N2CCCCC2)c1F)c1nc2cscc2[nH]1. The number of aromatic amines is 1. The number of H-pyrrole nitrogens is 1. The van der Waals surface area contributed by atoms with Crippen molar-refractivity contribution < 1.29 is 8.94 Å². The van der Waals surface area contributed by atoms with Crippen LogP contribution in [0.4, 0.5) is 10.2 Å². The molecule has 0 spiro atoms. The van der Waals surface area contributed by atoms with Crippen LogP contribution in [-0.4, -0.2) is 37.6 Å². The van der Waals surface area contributed by atoms with E-state index in [1.54, 1.807) is 0 Å². The molecule has 0 aliphatic carbocycles. The molecule has 1 fully saturated rings. The van der Waals surface area contributed by atoms with Crippen molar-refractivity contribution in [2.45, 2.75) is 30.2 Å². The fourth-order valence-electron chi connectivity index (χ4n) is 2.85. The summed E-state index contributed by atoms with van der Waals surface area (Å²) in [4.78, 5) is 17.3. The first-order valence-electron chi connectivity index (χ1n) is 7.77. The summed E-state index contributed by atoms with van der Waals surface area (Å²) in [6.45, 7) is 1.59. The average molecular weight is 365 g/mol. The van der Waals surface area contributed by atoms with Crippen LogP contribution in [0.3, 0.4) is 0 Å². The molecule has 6 nitrogen and oxygen atoms in total. The number of aromatic nitrogens is 4. The third-order valence-corrected chi connectivity index (χ3v) is 5.98. The summed E-state index contributed by atoms with van der Waals surface area (Å²) >= 11 is 0.0456. The fraction of sp³-hybridized carbons (Fsp3) is 0.400. The standard InChI is InChI=1S/C15H16FN5OS2/c16-13-12(17-9-18-14(13)21-4-2-1-3-5-21)8-24(22)15-19-10-6-23-7-11(10)20-15/h6-7,9H,1-5,8H2,(H,19,20). The van der Waals surface area contributed by atoms with Crippen molar-refractivity contribution in [3.05, 3.63) is 28.6 Å². The molecule has 0 aromatic carbocycles. The number of rotatable bonds is 4. The molecular weight excluding hydrogens is 349 g/mol. The van der Waals surface area contributed by atoms with Crippen LogP contribution in [-0.2, 0) is 16.9 Å². The maximum atomic E-state index is 14.7. The summed E-state index contributed by atoms with van der Waals surface area (Å²) in [5.74, 6) is -0.174. The van der Waals surface area contributed by atoms with Gasteiger partial charge in [0.1, 0.15) is 17.5 Å². The first-order chi connectivity index (χ1) is 11.7. The number of nitrogens with one attached hydrogen (secondary N) is 1. The molecule has 1 aliphatic rings. The summed E-state index contributed by atoms with van der Waals surface area (Å²) in [5.41, 5.74) is 1.80. The van der Waals surface area contributed by atoms with Gasteiger partial charge in [0.15, 0.2) is 17.4 Å². The molecule has 1 saturated heterocycles. The van der Waals surface area contributed by atoms with E-state index in [0.29, 0.717) is 11.0 Å². The van der Waals surface area contributed by atoms with E-state index in [1.165, 1.54) is 17.7 Å². The maximum absolute atomic E-state index is 14.7. The number of hydrogen-bond donors (Lipinski definition) is 1. The van der Waals surface area contributed by atoms with E-state index in [0.717, 1.165) is 43.4 Å². The van der Waals surface area contributed by atoms with E-state index in [4.69, 9.17) is 0 Å². The molecule has 0 radical (unpaired) electrons. The third-order valence-electron chi connectivity index (χ3n) is 4.09. The number of halogens is 1. The molecule has 9 heteroatoms. The first kappa shape index (κ1) is 15.8. The monoisotopic (exact) mass is 365 g/mol.